The standard InChI is InChI=1S/C21H22O2/c1-21(14-16-8-4-2-5-9-16)13-12-18(19(15-21)20(22)23)17-10-6-3-7-11-17/h2-12,19H,13-15H2,1H3,(H,22,23). The van der Waals surface area contributed by atoms with Gasteiger partial charge < -0.3 is 5.11 Å². The van der Waals surface area contributed by atoms with E-state index in [0.717, 1.165) is 24.0 Å². The van der Waals surface area contributed by atoms with Gasteiger partial charge in [-0.3, -0.25) is 4.79 Å². The molecule has 1 aliphatic carbocycles. The van der Waals surface area contributed by atoms with E-state index in [0.29, 0.717) is 6.42 Å². The Balaban J connectivity index is 1.88. The molecule has 0 bridgehead atoms. The lowest BCUT2D eigenvalue weighted by atomic mass is 9.67. The molecule has 1 N–H and O–H groups in total. The summed E-state index contributed by atoms with van der Waals surface area (Å²) in [7, 11) is 0. The molecule has 2 nitrogen and oxygen atoms in total. The molecule has 118 valence electrons. The van der Waals surface area contributed by atoms with Crippen LogP contribution in [0.3, 0.4) is 0 Å². The molecule has 0 aromatic heterocycles. The second-order valence-corrected chi connectivity index (χ2v) is 6.80. The second-order valence-electron chi connectivity index (χ2n) is 6.80. The predicted octanol–water partition coefficient (Wildman–Crippen LogP) is 4.81. The number of allylic oxidation sites excluding steroid dienone is 1. The van der Waals surface area contributed by atoms with Crippen LogP contribution in [-0.4, -0.2) is 11.1 Å². The zero-order chi connectivity index (χ0) is 16.3. The van der Waals surface area contributed by atoms with Gasteiger partial charge in [0.25, 0.3) is 0 Å². The molecule has 2 heteroatoms. The Morgan fingerprint density at radius 1 is 1.09 bits per heavy atom. The van der Waals surface area contributed by atoms with E-state index in [1.165, 1.54) is 5.56 Å². The maximum atomic E-state index is 11.8. The lowest BCUT2D eigenvalue weighted by Gasteiger charge is -2.36. The molecule has 1 aliphatic rings. The fraction of sp³-hybridized carbons (Fsp3) is 0.286. The van der Waals surface area contributed by atoms with Crippen LogP contribution in [0.2, 0.25) is 0 Å². The third kappa shape index (κ3) is 3.53. The molecule has 2 aromatic rings. The van der Waals surface area contributed by atoms with Crippen LogP contribution in [0.5, 0.6) is 0 Å². The number of rotatable bonds is 4. The van der Waals surface area contributed by atoms with Crippen molar-refractivity contribution in [2.45, 2.75) is 26.2 Å². The van der Waals surface area contributed by atoms with Crippen LogP contribution in [0.1, 0.15) is 30.9 Å². The summed E-state index contributed by atoms with van der Waals surface area (Å²) in [6.07, 6.45) is 4.64. The Morgan fingerprint density at radius 3 is 2.30 bits per heavy atom. The highest BCUT2D eigenvalue weighted by Crippen LogP contribution is 2.44. The van der Waals surface area contributed by atoms with Crippen LogP contribution in [0, 0.1) is 11.3 Å². The quantitative estimate of drug-likeness (QED) is 0.880. The predicted molar refractivity (Wildman–Crippen MR) is 93.0 cm³/mol. The van der Waals surface area contributed by atoms with Gasteiger partial charge in [-0.2, -0.15) is 0 Å². The van der Waals surface area contributed by atoms with Crippen molar-refractivity contribution in [3.63, 3.8) is 0 Å². The third-order valence-corrected chi connectivity index (χ3v) is 4.77. The van der Waals surface area contributed by atoms with E-state index in [9.17, 15) is 9.90 Å². The van der Waals surface area contributed by atoms with Crippen molar-refractivity contribution in [3.8, 4) is 0 Å². The Hall–Kier alpha value is -2.35. The molecule has 3 rings (SSSR count). The van der Waals surface area contributed by atoms with E-state index in [1.807, 2.05) is 48.5 Å². The van der Waals surface area contributed by atoms with E-state index in [1.54, 1.807) is 0 Å². The molecular formula is C21H22O2. The second kappa shape index (κ2) is 6.41. The van der Waals surface area contributed by atoms with Crippen LogP contribution in [0.15, 0.2) is 66.7 Å². The van der Waals surface area contributed by atoms with Gasteiger partial charge in [-0.05, 0) is 41.4 Å². The molecule has 0 saturated carbocycles. The Labute approximate surface area is 137 Å². The number of hydrogen-bond acceptors (Lipinski definition) is 1. The van der Waals surface area contributed by atoms with E-state index >= 15 is 0 Å². The summed E-state index contributed by atoms with van der Waals surface area (Å²) in [6.45, 7) is 2.20. The van der Waals surface area contributed by atoms with Crippen LogP contribution in [0.4, 0.5) is 0 Å². The first-order valence-electron chi connectivity index (χ1n) is 8.10. The number of benzene rings is 2. The minimum absolute atomic E-state index is 0.0112. The van der Waals surface area contributed by atoms with E-state index < -0.39 is 11.9 Å². The number of carbonyl (C=O) groups is 1. The summed E-state index contributed by atoms with van der Waals surface area (Å²) >= 11 is 0. The molecule has 0 heterocycles. The van der Waals surface area contributed by atoms with Gasteiger partial charge in [0.15, 0.2) is 0 Å². The van der Waals surface area contributed by atoms with Crippen molar-refractivity contribution >= 4 is 11.5 Å². The highest BCUT2D eigenvalue weighted by atomic mass is 16.4. The molecule has 0 fully saturated rings. The Bertz CT molecular complexity index is 703. The van der Waals surface area contributed by atoms with Crippen molar-refractivity contribution < 1.29 is 9.90 Å². The molecular weight excluding hydrogens is 284 g/mol. The molecule has 0 spiro atoms. The summed E-state index contributed by atoms with van der Waals surface area (Å²) in [5.41, 5.74) is 3.25. The van der Waals surface area contributed by atoms with Gasteiger partial charge in [0, 0.05) is 0 Å². The number of aliphatic carboxylic acids is 1. The van der Waals surface area contributed by atoms with Crippen LogP contribution in [-0.2, 0) is 11.2 Å². The summed E-state index contributed by atoms with van der Waals surface area (Å²) in [5, 5.41) is 9.73. The first-order valence-corrected chi connectivity index (χ1v) is 8.10. The van der Waals surface area contributed by atoms with Gasteiger partial charge in [0.1, 0.15) is 0 Å². The van der Waals surface area contributed by atoms with E-state index in [-0.39, 0.29) is 5.41 Å². The molecule has 0 aliphatic heterocycles. The first kappa shape index (κ1) is 15.5. The van der Waals surface area contributed by atoms with Crippen molar-refractivity contribution in [1.82, 2.24) is 0 Å². The zero-order valence-electron chi connectivity index (χ0n) is 13.4. The van der Waals surface area contributed by atoms with Gasteiger partial charge in [0.05, 0.1) is 5.92 Å². The third-order valence-electron chi connectivity index (χ3n) is 4.77. The normalized spacial score (nSPS) is 24.0. The molecule has 2 aromatic carbocycles. The summed E-state index contributed by atoms with van der Waals surface area (Å²) in [6, 6.07) is 20.2. The lowest BCUT2D eigenvalue weighted by molar-refractivity contribution is -0.140. The molecule has 0 radical (unpaired) electrons. The van der Waals surface area contributed by atoms with Crippen molar-refractivity contribution in [1.29, 1.82) is 0 Å². The molecule has 2 atom stereocenters. The van der Waals surface area contributed by atoms with Gasteiger partial charge in [-0.25, -0.2) is 0 Å². The van der Waals surface area contributed by atoms with Crippen LogP contribution in [0.25, 0.3) is 5.57 Å². The smallest absolute Gasteiger partial charge is 0.311 e. The molecule has 23 heavy (non-hydrogen) atoms. The minimum Gasteiger partial charge on any atom is -0.481 e. The minimum atomic E-state index is -0.723. The van der Waals surface area contributed by atoms with Crippen molar-refractivity contribution in [2.24, 2.45) is 11.3 Å². The summed E-state index contributed by atoms with van der Waals surface area (Å²) < 4.78 is 0. The fourth-order valence-electron chi connectivity index (χ4n) is 3.59. The number of carboxylic acids is 1. The molecule has 2 unspecified atom stereocenters. The first-order chi connectivity index (χ1) is 11.1. The lowest BCUT2D eigenvalue weighted by Crippen LogP contribution is -2.31. The van der Waals surface area contributed by atoms with Gasteiger partial charge in [-0.1, -0.05) is 73.7 Å². The average Bonchev–Trinajstić information content (AvgIpc) is 2.56. The highest BCUT2D eigenvalue weighted by molar-refractivity contribution is 5.88. The monoisotopic (exact) mass is 306 g/mol. The Morgan fingerprint density at radius 2 is 1.70 bits per heavy atom. The van der Waals surface area contributed by atoms with Crippen LogP contribution < -0.4 is 0 Å². The number of hydrogen-bond donors (Lipinski definition) is 1. The SMILES string of the molecule is CC1(Cc2ccccc2)CC=C(c2ccccc2)C(C(=O)O)C1. The summed E-state index contributed by atoms with van der Waals surface area (Å²) in [5.74, 6) is -1.15. The topological polar surface area (TPSA) is 37.3 Å². The van der Waals surface area contributed by atoms with E-state index in [4.69, 9.17) is 0 Å². The highest BCUT2D eigenvalue weighted by Gasteiger charge is 2.37. The summed E-state index contributed by atoms with van der Waals surface area (Å²) in [4.78, 5) is 11.8. The van der Waals surface area contributed by atoms with E-state index in [2.05, 4.69) is 25.1 Å². The Kier molecular flexibility index (Phi) is 4.33. The largest absolute Gasteiger partial charge is 0.481 e. The van der Waals surface area contributed by atoms with Crippen molar-refractivity contribution in [3.05, 3.63) is 77.9 Å². The van der Waals surface area contributed by atoms with Gasteiger partial charge in [-0.15, -0.1) is 0 Å². The molecule has 0 amide bonds. The van der Waals surface area contributed by atoms with Crippen LogP contribution >= 0.6 is 0 Å². The average molecular weight is 306 g/mol. The maximum Gasteiger partial charge on any atom is 0.311 e. The van der Waals surface area contributed by atoms with Gasteiger partial charge >= 0.3 is 5.97 Å². The maximum absolute atomic E-state index is 11.8. The zero-order valence-corrected chi connectivity index (χ0v) is 13.4. The number of carboxylic acid groups (broad SMARTS) is 1. The van der Waals surface area contributed by atoms with Crippen molar-refractivity contribution in [2.75, 3.05) is 0 Å². The fourth-order valence-corrected chi connectivity index (χ4v) is 3.59. The molecule has 0 saturated heterocycles. The van der Waals surface area contributed by atoms with Gasteiger partial charge in [0.2, 0.25) is 0 Å².